The molecule has 104 valence electrons. The molecule has 5 heteroatoms. The van der Waals surface area contributed by atoms with E-state index in [0.717, 1.165) is 6.42 Å². The van der Waals surface area contributed by atoms with E-state index in [1.165, 1.54) is 0 Å². The van der Waals surface area contributed by atoms with Crippen molar-refractivity contribution in [2.75, 3.05) is 33.0 Å². The van der Waals surface area contributed by atoms with E-state index in [1.54, 1.807) is 0 Å². The molecule has 0 saturated carbocycles. The van der Waals surface area contributed by atoms with Crippen molar-refractivity contribution in [3.8, 4) is 12.3 Å². The zero-order valence-electron chi connectivity index (χ0n) is 11.0. The number of nitrogens with one attached hydrogen (secondary N) is 1. The van der Waals surface area contributed by atoms with Gasteiger partial charge in [0, 0.05) is 26.0 Å². The van der Waals surface area contributed by atoms with Gasteiger partial charge in [-0.15, -0.1) is 12.3 Å². The molecule has 1 unspecified atom stereocenters. The number of rotatable bonds is 11. The molecular formula is C13H23NO4. The first kappa shape index (κ1) is 16.9. The Morgan fingerprint density at radius 3 is 2.89 bits per heavy atom. The Hall–Kier alpha value is -1.09. The second-order valence-electron chi connectivity index (χ2n) is 3.86. The zero-order valence-corrected chi connectivity index (χ0v) is 11.0. The van der Waals surface area contributed by atoms with Gasteiger partial charge in [0.25, 0.3) is 0 Å². The van der Waals surface area contributed by atoms with Crippen molar-refractivity contribution < 1.29 is 19.4 Å². The summed E-state index contributed by atoms with van der Waals surface area (Å²) in [7, 11) is 0. The highest BCUT2D eigenvalue weighted by Gasteiger charge is 2.02. The highest BCUT2D eigenvalue weighted by molar-refractivity contribution is 5.76. The van der Waals surface area contributed by atoms with Crippen LogP contribution in [-0.2, 0) is 14.3 Å². The molecule has 0 aliphatic carbocycles. The summed E-state index contributed by atoms with van der Waals surface area (Å²) in [5.41, 5.74) is 0. The maximum absolute atomic E-state index is 11.2. The van der Waals surface area contributed by atoms with E-state index in [-0.39, 0.29) is 18.6 Å². The molecule has 0 aliphatic heterocycles. The molecule has 18 heavy (non-hydrogen) atoms. The van der Waals surface area contributed by atoms with Crippen molar-refractivity contribution in [2.24, 2.45) is 0 Å². The van der Waals surface area contributed by atoms with E-state index >= 15 is 0 Å². The first-order valence-electron chi connectivity index (χ1n) is 6.21. The standard InChI is InChI=1S/C13H23NO4/c1-3-4-5-13(16)14-7-10-17-9-6-12(2)18-11-8-15/h1,12,15H,4-11H2,2H3,(H,14,16). The molecule has 0 aromatic carbocycles. The summed E-state index contributed by atoms with van der Waals surface area (Å²) in [4.78, 5) is 11.2. The molecule has 0 saturated heterocycles. The number of amides is 1. The molecular weight excluding hydrogens is 234 g/mol. The molecule has 2 N–H and O–H groups in total. The first-order chi connectivity index (χ1) is 8.70. The SMILES string of the molecule is C#CCCC(=O)NCCOCCC(C)OCCO. The maximum Gasteiger partial charge on any atom is 0.221 e. The van der Waals surface area contributed by atoms with Gasteiger partial charge in [-0.25, -0.2) is 0 Å². The monoisotopic (exact) mass is 257 g/mol. The number of carbonyl (C=O) groups excluding carboxylic acids is 1. The number of aliphatic hydroxyl groups is 1. The highest BCUT2D eigenvalue weighted by Crippen LogP contribution is 1.97. The second-order valence-corrected chi connectivity index (χ2v) is 3.86. The maximum atomic E-state index is 11.2. The van der Waals surface area contributed by atoms with E-state index in [4.69, 9.17) is 21.0 Å². The Balaban J connectivity index is 3.25. The summed E-state index contributed by atoms with van der Waals surface area (Å²) in [6, 6.07) is 0. The van der Waals surface area contributed by atoms with Gasteiger partial charge >= 0.3 is 0 Å². The zero-order chi connectivity index (χ0) is 13.6. The van der Waals surface area contributed by atoms with Gasteiger partial charge in [0.1, 0.15) is 0 Å². The third-order valence-corrected chi connectivity index (χ3v) is 2.23. The summed E-state index contributed by atoms with van der Waals surface area (Å²) in [6.07, 6.45) is 6.72. The average molecular weight is 257 g/mol. The molecule has 0 aromatic rings. The van der Waals surface area contributed by atoms with Crippen molar-refractivity contribution in [1.29, 1.82) is 0 Å². The summed E-state index contributed by atoms with van der Waals surface area (Å²) in [6.45, 7) is 3.87. The Bertz CT molecular complexity index is 250. The lowest BCUT2D eigenvalue weighted by atomic mass is 10.3. The number of aliphatic hydroxyl groups excluding tert-OH is 1. The molecule has 1 atom stereocenters. The van der Waals surface area contributed by atoms with Gasteiger partial charge in [0.2, 0.25) is 5.91 Å². The predicted molar refractivity (Wildman–Crippen MR) is 69.0 cm³/mol. The van der Waals surface area contributed by atoms with Crippen LogP contribution in [0.3, 0.4) is 0 Å². The molecule has 0 spiro atoms. The van der Waals surface area contributed by atoms with Crippen molar-refractivity contribution >= 4 is 5.91 Å². The quantitative estimate of drug-likeness (QED) is 0.413. The van der Waals surface area contributed by atoms with Crippen LogP contribution in [0.25, 0.3) is 0 Å². The van der Waals surface area contributed by atoms with Crippen molar-refractivity contribution in [3.63, 3.8) is 0 Å². The predicted octanol–water partition coefficient (Wildman–Crippen LogP) is 0.320. The fourth-order valence-electron chi connectivity index (χ4n) is 1.23. The van der Waals surface area contributed by atoms with Crippen LogP contribution in [0.5, 0.6) is 0 Å². The molecule has 1 amide bonds. The van der Waals surface area contributed by atoms with Gasteiger partial charge in [-0.05, 0) is 13.3 Å². The normalized spacial score (nSPS) is 11.8. The lowest BCUT2D eigenvalue weighted by Gasteiger charge is -2.12. The number of carbonyl (C=O) groups is 1. The molecule has 5 nitrogen and oxygen atoms in total. The van der Waals surface area contributed by atoms with Crippen LogP contribution in [-0.4, -0.2) is 50.1 Å². The third-order valence-electron chi connectivity index (χ3n) is 2.23. The van der Waals surface area contributed by atoms with Gasteiger partial charge in [-0.2, -0.15) is 0 Å². The average Bonchev–Trinajstić information content (AvgIpc) is 2.37. The topological polar surface area (TPSA) is 67.8 Å². The third kappa shape index (κ3) is 11.4. The first-order valence-corrected chi connectivity index (χ1v) is 6.21. The lowest BCUT2D eigenvalue weighted by molar-refractivity contribution is -0.121. The van der Waals surface area contributed by atoms with Gasteiger partial charge in [-0.3, -0.25) is 4.79 Å². The van der Waals surface area contributed by atoms with Gasteiger partial charge in [0.05, 0.1) is 25.9 Å². The molecule has 0 bridgehead atoms. The van der Waals surface area contributed by atoms with E-state index in [0.29, 0.717) is 39.2 Å². The van der Waals surface area contributed by atoms with E-state index < -0.39 is 0 Å². The minimum atomic E-state index is -0.0452. The van der Waals surface area contributed by atoms with Gasteiger partial charge in [-0.1, -0.05) is 0 Å². The van der Waals surface area contributed by atoms with E-state index in [2.05, 4.69) is 11.2 Å². The van der Waals surface area contributed by atoms with Crippen LogP contribution in [0.2, 0.25) is 0 Å². The van der Waals surface area contributed by atoms with Crippen molar-refractivity contribution in [2.45, 2.75) is 32.3 Å². The molecule has 0 heterocycles. The number of terminal acetylenes is 1. The van der Waals surface area contributed by atoms with Gasteiger partial charge in [0.15, 0.2) is 0 Å². The molecule has 0 aliphatic rings. The Morgan fingerprint density at radius 1 is 1.44 bits per heavy atom. The van der Waals surface area contributed by atoms with E-state index in [9.17, 15) is 4.79 Å². The Kier molecular flexibility index (Phi) is 11.6. The van der Waals surface area contributed by atoms with Gasteiger partial charge < -0.3 is 19.9 Å². The Morgan fingerprint density at radius 2 is 2.22 bits per heavy atom. The highest BCUT2D eigenvalue weighted by atomic mass is 16.5. The number of hydrogen-bond donors (Lipinski definition) is 2. The van der Waals surface area contributed by atoms with Crippen LogP contribution in [0.1, 0.15) is 26.2 Å². The summed E-state index contributed by atoms with van der Waals surface area (Å²) < 4.78 is 10.6. The van der Waals surface area contributed by atoms with E-state index in [1.807, 2.05) is 6.92 Å². The molecule has 0 radical (unpaired) electrons. The lowest BCUT2D eigenvalue weighted by Crippen LogP contribution is -2.27. The summed E-state index contributed by atoms with van der Waals surface area (Å²) in [5, 5.41) is 11.3. The minimum absolute atomic E-state index is 0.0366. The molecule has 0 aromatic heterocycles. The summed E-state index contributed by atoms with van der Waals surface area (Å²) in [5.74, 6) is 2.37. The number of ether oxygens (including phenoxy) is 2. The smallest absolute Gasteiger partial charge is 0.221 e. The fraction of sp³-hybridized carbons (Fsp3) is 0.769. The second kappa shape index (κ2) is 12.4. The fourth-order valence-corrected chi connectivity index (χ4v) is 1.23. The van der Waals surface area contributed by atoms with Crippen LogP contribution in [0, 0.1) is 12.3 Å². The molecule has 0 fully saturated rings. The van der Waals surface area contributed by atoms with Crippen molar-refractivity contribution in [3.05, 3.63) is 0 Å². The minimum Gasteiger partial charge on any atom is -0.394 e. The summed E-state index contributed by atoms with van der Waals surface area (Å²) >= 11 is 0. The molecule has 0 rings (SSSR count). The Labute approximate surface area is 109 Å². The van der Waals surface area contributed by atoms with Crippen LogP contribution in [0.4, 0.5) is 0 Å². The largest absolute Gasteiger partial charge is 0.394 e. The van der Waals surface area contributed by atoms with Crippen LogP contribution in [0.15, 0.2) is 0 Å². The van der Waals surface area contributed by atoms with Crippen LogP contribution < -0.4 is 5.32 Å². The van der Waals surface area contributed by atoms with Crippen LogP contribution >= 0.6 is 0 Å². The van der Waals surface area contributed by atoms with Crippen molar-refractivity contribution in [1.82, 2.24) is 5.32 Å². The number of hydrogen-bond acceptors (Lipinski definition) is 4.